The van der Waals surface area contributed by atoms with Crippen molar-refractivity contribution in [1.82, 2.24) is 5.32 Å². The summed E-state index contributed by atoms with van der Waals surface area (Å²) in [5.41, 5.74) is 2.07. The fraction of sp³-hybridized carbons (Fsp3) is 0.696. The van der Waals surface area contributed by atoms with E-state index in [2.05, 4.69) is 46.9 Å². The third kappa shape index (κ3) is 19.3. The third-order valence-corrected chi connectivity index (χ3v) is 19.8. The van der Waals surface area contributed by atoms with E-state index in [0.29, 0.717) is 44.2 Å². The molecule has 5 aliphatic heterocycles. The molecule has 5 aliphatic rings. The van der Waals surface area contributed by atoms with Gasteiger partial charge >= 0.3 is 18.0 Å². The van der Waals surface area contributed by atoms with Crippen molar-refractivity contribution >= 4 is 52.8 Å². The van der Waals surface area contributed by atoms with Gasteiger partial charge in [-0.15, -0.1) is 0 Å². The zero-order valence-corrected chi connectivity index (χ0v) is 57.8. The van der Waals surface area contributed by atoms with Gasteiger partial charge in [0, 0.05) is 37.5 Å². The molecule has 25 atom stereocenters. The summed E-state index contributed by atoms with van der Waals surface area (Å²) in [6, 6.07) is 26.0. The van der Waals surface area contributed by atoms with Crippen LogP contribution in [-0.2, 0) is 89.1 Å². The number of alkyl carbamates (subject to hydrolysis) is 1. The first-order chi connectivity index (χ1) is 43.9. The first kappa shape index (κ1) is 73.7. The lowest BCUT2D eigenvalue weighted by molar-refractivity contribution is -0.353. The zero-order valence-electron chi connectivity index (χ0n) is 55.6. The summed E-state index contributed by atoms with van der Waals surface area (Å²) in [6.07, 6.45) is -10.7. The quantitative estimate of drug-likeness (QED) is 0.0450. The number of ether oxygens (including phenoxy) is 16. The summed E-state index contributed by atoms with van der Waals surface area (Å²) in [5.74, 6) is -1.66. The van der Waals surface area contributed by atoms with Gasteiger partial charge < -0.3 is 81.1 Å². The van der Waals surface area contributed by atoms with Gasteiger partial charge in [0.25, 0.3) is 0 Å². The van der Waals surface area contributed by atoms with Gasteiger partial charge in [0.15, 0.2) is 37.4 Å². The van der Waals surface area contributed by atoms with Gasteiger partial charge in [-0.2, -0.15) is 0 Å². The van der Waals surface area contributed by atoms with Crippen LogP contribution in [0.2, 0.25) is 0 Å². The minimum Gasteiger partial charge on any atom is -0.497 e. The lowest BCUT2D eigenvalue weighted by Crippen LogP contribution is -2.65. The normalized spacial score (nSPS) is 36.7. The maximum atomic E-state index is 13.9. The van der Waals surface area contributed by atoms with Gasteiger partial charge in [-0.1, -0.05) is 172 Å². The van der Waals surface area contributed by atoms with Crippen LogP contribution >= 0.6 is 34.8 Å². The van der Waals surface area contributed by atoms with E-state index in [1.807, 2.05) is 95.3 Å². The number of halogens is 3. The summed E-state index contributed by atoms with van der Waals surface area (Å²) in [5, 5.41) is 2.96. The van der Waals surface area contributed by atoms with E-state index in [9.17, 15) is 14.4 Å². The van der Waals surface area contributed by atoms with Crippen LogP contribution in [0, 0.1) is 53.3 Å². The Kier molecular flexibility index (Phi) is 27.4. The molecule has 0 saturated carbocycles. The van der Waals surface area contributed by atoms with Crippen molar-refractivity contribution in [2.75, 3.05) is 33.5 Å². The van der Waals surface area contributed by atoms with E-state index in [0.717, 1.165) is 11.1 Å². The molecule has 0 spiro atoms. The van der Waals surface area contributed by atoms with E-state index in [-0.39, 0.29) is 66.7 Å². The SMILES string of the molecule is CCC1O[C@@H](OC2[C@@H](Oc3ccc(OC)cc3)OC(CO[C@@H]3OC(CC)[C@@H](O[C@@H]4OC(COCc5ccccc5)[C@H](C)[C@H](C)C4OC(C)=O)[C@@H](C)C3C)[C@@H](C)[C@H]2C)C(NC(=O)OCC(Cl)(Cl)Cl)[C@@H](C)[C@@H]1O[C@@H]1OC(COCc2ccccc2)[C@H](C)[C@H](C)C1OC(C)=O. The number of rotatable bonds is 26. The van der Waals surface area contributed by atoms with Crippen molar-refractivity contribution in [2.24, 2.45) is 53.3 Å². The highest BCUT2D eigenvalue weighted by Crippen LogP contribution is 2.44. The predicted molar refractivity (Wildman–Crippen MR) is 342 cm³/mol. The molecule has 5 fully saturated rings. The average Bonchev–Trinajstić information content (AvgIpc) is 0.796. The van der Waals surface area contributed by atoms with Crippen LogP contribution < -0.4 is 14.8 Å². The topological polar surface area (TPSA) is 211 Å². The molecule has 20 nitrogen and oxygen atoms in total. The molecule has 5 heterocycles. The second-order valence-corrected chi connectivity index (χ2v) is 28.2. The molecule has 10 unspecified atom stereocenters. The molecule has 0 aliphatic carbocycles. The summed E-state index contributed by atoms with van der Waals surface area (Å²) in [4.78, 5) is 39.2. The lowest BCUT2D eigenvalue weighted by atomic mass is 9.82. The number of carbonyl (C=O) groups excluding carboxylic acids is 3. The summed E-state index contributed by atoms with van der Waals surface area (Å²) < 4.78 is 102. The van der Waals surface area contributed by atoms with Crippen LogP contribution in [0.4, 0.5) is 4.79 Å². The molecular formula is C69H98Cl3NO19. The molecule has 1 N–H and O–H groups in total. The average molecular weight is 1350 g/mol. The molecule has 8 rings (SSSR count). The van der Waals surface area contributed by atoms with Crippen molar-refractivity contribution in [3.63, 3.8) is 0 Å². The van der Waals surface area contributed by atoms with Crippen LogP contribution in [0.25, 0.3) is 0 Å². The number of esters is 2. The lowest BCUT2D eigenvalue weighted by Gasteiger charge is -2.51. The summed E-state index contributed by atoms with van der Waals surface area (Å²) >= 11 is 18.2. The van der Waals surface area contributed by atoms with Crippen molar-refractivity contribution < 1.29 is 90.2 Å². The number of methoxy groups -OCH3 is 1. The standard InChI is InChI=1S/C69H98Cl3NO19/c1-15-52-58(90-66-60(82-46(12)74)40(6)37(3)54(87-66)33-78-31-48-23-19-17-20-24-48)43(9)44(10)63(85-52)80-35-56-39(5)42(8)62(65(89-56)84-51-29-27-50(77-14)28-30-51)92-64-57(73-68(76)81-36-69(70,71)72)45(11)59(53(16-2)86-64)91-67-61(83-47(13)75)41(7)38(4)55(88-67)34-79-32-49-25-21-18-22-26-49/h17-30,37-45,52-67H,15-16,31-36H2,1-14H3,(H,73,76)/t37-,38-,39+,40+,41+,42-,43+,44?,45-,52?,53?,54?,55?,56?,57?,58+,59+,60?,61?,62?,63-,64+,65+,66+,67+/m1/s1. The number of hydrogen-bond donors (Lipinski definition) is 1. The number of carbonyl (C=O) groups is 3. The van der Waals surface area contributed by atoms with Crippen molar-refractivity contribution in [2.45, 2.75) is 218 Å². The highest BCUT2D eigenvalue weighted by Gasteiger charge is 2.55. The van der Waals surface area contributed by atoms with Crippen LogP contribution in [0.3, 0.4) is 0 Å². The van der Waals surface area contributed by atoms with Gasteiger partial charge in [-0.25, -0.2) is 4.79 Å². The first-order valence-corrected chi connectivity index (χ1v) is 33.7. The monoisotopic (exact) mass is 1350 g/mol. The van der Waals surface area contributed by atoms with E-state index in [4.69, 9.17) is 111 Å². The minimum atomic E-state index is -1.91. The maximum absolute atomic E-state index is 13.9. The molecule has 23 heteroatoms. The Labute approximate surface area is 558 Å². The molecule has 1 amide bonds. The molecule has 3 aromatic carbocycles. The number of amides is 1. The largest absolute Gasteiger partial charge is 0.497 e. The second kappa shape index (κ2) is 34.2. The number of alkyl halides is 3. The fourth-order valence-electron chi connectivity index (χ4n) is 13.0. The zero-order chi connectivity index (χ0) is 66.6. The van der Waals surface area contributed by atoms with Crippen LogP contribution in [0.5, 0.6) is 11.5 Å². The maximum Gasteiger partial charge on any atom is 0.407 e. The van der Waals surface area contributed by atoms with Crippen molar-refractivity contribution in [3.8, 4) is 11.5 Å². The molecule has 0 aromatic heterocycles. The van der Waals surface area contributed by atoms with Crippen molar-refractivity contribution in [1.29, 1.82) is 0 Å². The fourth-order valence-corrected chi connectivity index (χ4v) is 13.2. The van der Waals surface area contributed by atoms with Crippen LogP contribution in [-0.4, -0.2) is 154 Å². The first-order valence-electron chi connectivity index (χ1n) is 32.6. The molecule has 5 saturated heterocycles. The van der Waals surface area contributed by atoms with Gasteiger partial charge in [0.2, 0.25) is 10.1 Å². The Morgan fingerprint density at radius 1 is 0.467 bits per heavy atom. The Morgan fingerprint density at radius 3 is 1.35 bits per heavy atom. The Bertz CT molecular complexity index is 2730. The third-order valence-electron chi connectivity index (χ3n) is 19.5. The van der Waals surface area contributed by atoms with Gasteiger partial charge in [0.05, 0.1) is 88.9 Å². The number of nitrogens with one attached hydrogen (secondary N) is 1. The summed E-state index contributed by atoms with van der Waals surface area (Å²) in [7, 11) is 1.58. The van der Waals surface area contributed by atoms with Gasteiger partial charge in [-0.3, -0.25) is 9.59 Å². The summed E-state index contributed by atoms with van der Waals surface area (Å²) in [6.45, 7) is 26.1. The Balaban J connectivity index is 0.997. The van der Waals surface area contributed by atoms with Crippen LogP contribution in [0.15, 0.2) is 84.9 Å². The van der Waals surface area contributed by atoms with E-state index >= 15 is 0 Å². The number of benzene rings is 3. The van der Waals surface area contributed by atoms with E-state index < -0.39 is 127 Å². The molecule has 514 valence electrons. The smallest absolute Gasteiger partial charge is 0.407 e. The Morgan fingerprint density at radius 2 is 0.880 bits per heavy atom. The Hall–Kier alpha value is -4.10. The molecular weight excluding hydrogens is 1250 g/mol. The second-order valence-electron chi connectivity index (χ2n) is 25.7. The number of hydrogen-bond acceptors (Lipinski definition) is 19. The molecule has 0 radical (unpaired) electrons. The molecule has 92 heavy (non-hydrogen) atoms. The van der Waals surface area contributed by atoms with E-state index in [1.54, 1.807) is 31.4 Å². The van der Waals surface area contributed by atoms with E-state index in [1.165, 1.54) is 13.8 Å². The van der Waals surface area contributed by atoms with Crippen molar-refractivity contribution in [3.05, 3.63) is 96.1 Å². The van der Waals surface area contributed by atoms with Crippen LogP contribution in [0.1, 0.15) is 114 Å². The highest BCUT2D eigenvalue weighted by molar-refractivity contribution is 6.67. The van der Waals surface area contributed by atoms with Gasteiger partial charge in [-0.05, 0) is 77.8 Å². The van der Waals surface area contributed by atoms with Gasteiger partial charge in [0.1, 0.15) is 24.2 Å². The molecule has 3 aromatic rings. The molecule has 0 bridgehead atoms. The predicted octanol–water partition coefficient (Wildman–Crippen LogP) is 12.2. The minimum absolute atomic E-state index is 0.00654. The highest BCUT2D eigenvalue weighted by atomic mass is 35.6.